The van der Waals surface area contributed by atoms with Crippen molar-refractivity contribution in [3.63, 3.8) is 0 Å². The van der Waals surface area contributed by atoms with E-state index in [1.165, 1.54) is 0 Å². The SMILES string of the molecule is O=C(O)c1cc([N+](=O)[O-])c(F)cc1S(=O)(=O)Cl. The van der Waals surface area contributed by atoms with Gasteiger partial charge in [-0.1, -0.05) is 0 Å². The molecule has 0 aromatic heterocycles. The summed E-state index contributed by atoms with van der Waals surface area (Å²) in [6, 6.07) is 0.497. The van der Waals surface area contributed by atoms with Crippen LogP contribution in [0.3, 0.4) is 0 Å². The Bertz CT molecular complexity index is 613. The minimum atomic E-state index is -4.51. The Labute approximate surface area is 98.0 Å². The topological polar surface area (TPSA) is 115 Å². The Kier molecular flexibility index (Phi) is 3.34. The lowest BCUT2D eigenvalue weighted by atomic mass is 10.2. The van der Waals surface area contributed by atoms with Gasteiger partial charge in [0.05, 0.1) is 10.5 Å². The second kappa shape index (κ2) is 4.26. The first-order chi connectivity index (χ1) is 7.64. The molecule has 1 N–H and O–H groups in total. The maximum absolute atomic E-state index is 13.1. The van der Waals surface area contributed by atoms with Gasteiger partial charge in [0.1, 0.15) is 4.90 Å². The first-order valence-corrected chi connectivity index (χ1v) is 6.11. The maximum atomic E-state index is 13.1. The molecule has 0 aliphatic rings. The lowest BCUT2D eigenvalue weighted by Gasteiger charge is -2.03. The second-order valence-corrected chi connectivity index (χ2v) is 5.33. The highest BCUT2D eigenvalue weighted by molar-refractivity contribution is 8.13. The van der Waals surface area contributed by atoms with Crippen LogP contribution in [0, 0.1) is 15.9 Å². The average Bonchev–Trinajstić information content (AvgIpc) is 2.14. The summed E-state index contributed by atoms with van der Waals surface area (Å²) in [5.41, 5.74) is -2.11. The highest BCUT2D eigenvalue weighted by Crippen LogP contribution is 2.27. The van der Waals surface area contributed by atoms with Crippen molar-refractivity contribution >= 4 is 31.4 Å². The molecule has 0 atom stereocenters. The molecule has 0 aliphatic heterocycles. The van der Waals surface area contributed by atoms with Crippen LogP contribution in [0.5, 0.6) is 0 Å². The number of hydrogen-bond donors (Lipinski definition) is 1. The largest absolute Gasteiger partial charge is 0.478 e. The van der Waals surface area contributed by atoms with Crippen molar-refractivity contribution in [1.82, 2.24) is 0 Å². The fourth-order valence-corrected chi connectivity index (χ4v) is 2.09. The van der Waals surface area contributed by atoms with Crippen LogP contribution in [0.2, 0.25) is 0 Å². The lowest BCUT2D eigenvalue weighted by molar-refractivity contribution is -0.387. The van der Waals surface area contributed by atoms with Crippen molar-refractivity contribution in [2.75, 3.05) is 0 Å². The van der Waals surface area contributed by atoms with Gasteiger partial charge in [0.15, 0.2) is 0 Å². The molecule has 1 rings (SSSR count). The van der Waals surface area contributed by atoms with Crippen LogP contribution in [0.4, 0.5) is 10.1 Å². The van der Waals surface area contributed by atoms with E-state index in [1.807, 2.05) is 0 Å². The predicted molar refractivity (Wildman–Crippen MR) is 53.1 cm³/mol. The summed E-state index contributed by atoms with van der Waals surface area (Å²) >= 11 is 0. The third-order valence-electron chi connectivity index (χ3n) is 1.74. The molecule has 0 spiro atoms. The van der Waals surface area contributed by atoms with Gasteiger partial charge in [-0.05, 0) is 0 Å². The highest BCUT2D eigenvalue weighted by atomic mass is 35.7. The summed E-state index contributed by atoms with van der Waals surface area (Å²) in [5, 5.41) is 19.0. The van der Waals surface area contributed by atoms with Gasteiger partial charge in [0.2, 0.25) is 5.82 Å². The number of halogens is 2. The smallest absolute Gasteiger partial charge is 0.337 e. The molecule has 0 amide bonds. The van der Waals surface area contributed by atoms with E-state index in [4.69, 9.17) is 15.8 Å². The van der Waals surface area contributed by atoms with Gasteiger partial charge >= 0.3 is 11.7 Å². The zero-order valence-corrected chi connectivity index (χ0v) is 9.33. The summed E-state index contributed by atoms with van der Waals surface area (Å²) in [6.07, 6.45) is 0. The number of nitro groups is 1. The standard InChI is InChI=1S/C7H3ClFNO6S/c8-17(15,16)6-2-4(9)5(10(13)14)1-3(6)7(11)12/h1-2H,(H,11,12). The Hall–Kier alpha value is -1.74. The molecule has 0 fully saturated rings. The van der Waals surface area contributed by atoms with E-state index >= 15 is 0 Å². The third-order valence-corrected chi connectivity index (χ3v) is 3.10. The molecule has 7 nitrogen and oxygen atoms in total. The molecule has 0 heterocycles. The van der Waals surface area contributed by atoms with Gasteiger partial charge < -0.3 is 5.11 Å². The molecule has 0 radical (unpaired) electrons. The first-order valence-electron chi connectivity index (χ1n) is 3.80. The Morgan fingerprint density at radius 3 is 2.35 bits per heavy atom. The quantitative estimate of drug-likeness (QED) is 0.509. The minimum Gasteiger partial charge on any atom is -0.478 e. The van der Waals surface area contributed by atoms with Crippen molar-refractivity contribution in [3.8, 4) is 0 Å². The first kappa shape index (κ1) is 13.3. The van der Waals surface area contributed by atoms with E-state index in [0.29, 0.717) is 6.07 Å². The van der Waals surface area contributed by atoms with E-state index in [0.717, 1.165) is 0 Å². The van der Waals surface area contributed by atoms with Gasteiger partial charge in [-0.2, -0.15) is 4.39 Å². The van der Waals surface area contributed by atoms with E-state index in [-0.39, 0.29) is 6.07 Å². The molecule has 17 heavy (non-hydrogen) atoms. The van der Waals surface area contributed by atoms with E-state index in [2.05, 4.69) is 0 Å². The molecule has 0 saturated heterocycles. The molecule has 0 unspecified atom stereocenters. The van der Waals surface area contributed by atoms with E-state index in [1.54, 1.807) is 0 Å². The number of carboxylic acid groups (broad SMARTS) is 1. The Morgan fingerprint density at radius 2 is 2.00 bits per heavy atom. The van der Waals surface area contributed by atoms with Gasteiger partial charge in [0.25, 0.3) is 9.05 Å². The summed E-state index contributed by atoms with van der Waals surface area (Å²) in [4.78, 5) is 18.8. The van der Waals surface area contributed by atoms with Crippen LogP contribution in [0.15, 0.2) is 17.0 Å². The van der Waals surface area contributed by atoms with Crippen molar-refractivity contribution < 1.29 is 27.6 Å². The molecule has 0 bridgehead atoms. The highest BCUT2D eigenvalue weighted by Gasteiger charge is 2.27. The molecule has 10 heteroatoms. The van der Waals surface area contributed by atoms with Crippen LogP contribution in [0.1, 0.15) is 10.4 Å². The number of carbonyl (C=O) groups is 1. The molecular formula is C7H3ClFNO6S. The summed E-state index contributed by atoms with van der Waals surface area (Å²) in [7, 11) is 0.369. The van der Waals surface area contributed by atoms with Gasteiger partial charge in [0, 0.05) is 22.8 Å². The fourth-order valence-electron chi connectivity index (χ4n) is 1.05. The molecule has 92 valence electrons. The molecule has 1 aromatic carbocycles. The van der Waals surface area contributed by atoms with E-state index < -0.39 is 41.9 Å². The Balaban J connectivity index is 3.70. The third kappa shape index (κ3) is 2.68. The van der Waals surface area contributed by atoms with Crippen LogP contribution in [0.25, 0.3) is 0 Å². The fraction of sp³-hybridized carbons (Fsp3) is 0. The predicted octanol–water partition coefficient (Wildman–Crippen LogP) is 1.36. The van der Waals surface area contributed by atoms with E-state index in [9.17, 15) is 27.7 Å². The maximum Gasteiger partial charge on any atom is 0.337 e. The monoisotopic (exact) mass is 283 g/mol. The van der Waals surface area contributed by atoms with Gasteiger partial charge in [-0.15, -0.1) is 0 Å². The van der Waals surface area contributed by atoms with Crippen molar-refractivity contribution in [2.24, 2.45) is 0 Å². The number of nitro benzene ring substituents is 1. The molecule has 0 aliphatic carbocycles. The Morgan fingerprint density at radius 1 is 1.47 bits per heavy atom. The number of benzene rings is 1. The summed E-state index contributed by atoms with van der Waals surface area (Å²) < 4.78 is 35.0. The summed E-state index contributed by atoms with van der Waals surface area (Å²) in [6.45, 7) is 0. The van der Waals surface area contributed by atoms with Crippen molar-refractivity contribution in [3.05, 3.63) is 33.6 Å². The van der Waals surface area contributed by atoms with Crippen LogP contribution >= 0.6 is 10.7 Å². The second-order valence-electron chi connectivity index (χ2n) is 2.80. The number of carboxylic acids is 1. The molecular weight excluding hydrogens is 281 g/mol. The van der Waals surface area contributed by atoms with Crippen molar-refractivity contribution in [2.45, 2.75) is 4.90 Å². The molecule has 0 saturated carbocycles. The molecule has 1 aromatic rings. The van der Waals surface area contributed by atoms with Crippen LogP contribution in [-0.2, 0) is 9.05 Å². The zero-order chi connectivity index (χ0) is 13.4. The van der Waals surface area contributed by atoms with Crippen molar-refractivity contribution in [1.29, 1.82) is 0 Å². The minimum absolute atomic E-state index is 0.198. The summed E-state index contributed by atoms with van der Waals surface area (Å²) in [5.74, 6) is -3.26. The number of rotatable bonds is 3. The number of nitrogens with zero attached hydrogens (tertiary/aromatic N) is 1. The zero-order valence-electron chi connectivity index (χ0n) is 7.75. The number of aromatic carboxylic acids is 1. The normalized spacial score (nSPS) is 11.2. The van der Waals surface area contributed by atoms with Crippen LogP contribution in [-0.4, -0.2) is 24.4 Å². The average molecular weight is 284 g/mol. The number of hydrogen-bond acceptors (Lipinski definition) is 5. The van der Waals surface area contributed by atoms with Gasteiger partial charge in [-0.25, -0.2) is 13.2 Å². The van der Waals surface area contributed by atoms with Gasteiger partial charge in [-0.3, -0.25) is 10.1 Å². The lowest BCUT2D eigenvalue weighted by Crippen LogP contribution is -2.07. The van der Waals surface area contributed by atoms with Crippen LogP contribution < -0.4 is 0 Å².